The zero-order chi connectivity index (χ0) is 21.7. The summed E-state index contributed by atoms with van der Waals surface area (Å²) in [5.74, 6) is -0.520. The van der Waals surface area contributed by atoms with Crippen LogP contribution < -0.4 is 10.2 Å². The molecule has 0 atom stereocenters. The minimum atomic E-state index is -4.62. The van der Waals surface area contributed by atoms with E-state index in [1.165, 1.54) is 6.07 Å². The molecular weight excluding hydrogens is 417 g/mol. The quantitative estimate of drug-likeness (QED) is 0.772. The van der Waals surface area contributed by atoms with Crippen LogP contribution in [0.4, 0.5) is 24.5 Å². The van der Waals surface area contributed by atoms with Gasteiger partial charge in [0.05, 0.1) is 29.0 Å². The Balaban J connectivity index is 1.63. The highest BCUT2D eigenvalue weighted by molar-refractivity contribution is 6.30. The zero-order valence-electron chi connectivity index (χ0n) is 16.0. The molecule has 1 saturated heterocycles. The Kier molecular flexibility index (Phi) is 6.85. The Morgan fingerprint density at radius 3 is 2.63 bits per heavy atom. The molecule has 0 saturated carbocycles. The Labute approximate surface area is 177 Å². The molecule has 9 heteroatoms. The maximum Gasteiger partial charge on any atom is 0.418 e. The molecule has 0 aromatic heterocycles. The number of nitrogens with one attached hydrogen (secondary N) is 1. The maximum atomic E-state index is 13.2. The van der Waals surface area contributed by atoms with E-state index in [-0.39, 0.29) is 17.3 Å². The SMILES string of the molecule is N#Cc1ccccc1N1CCCN(CC(=O)Nc2ccc(Cl)cc2C(F)(F)F)CC1. The summed E-state index contributed by atoms with van der Waals surface area (Å²) in [5, 5.41) is 11.6. The monoisotopic (exact) mass is 436 g/mol. The number of alkyl halides is 3. The molecule has 0 spiro atoms. The number of nitriles is 1. The van der Waals surface area contributed by atoms with Crippen molar-refractivity contribution in [3.8, 4) is 6.07 Å². The van der Waals surface area contributed by atoms with E-state index in [2.05, 4.69) is 16.3 Å². The molecule has 0 unspecified atom stereocenters. The average molecular weight is 437 g/mol. The van der Waals surface area contributed by atoms with E-state index in [4.69, 9.17) is 11.6 Å². The van der Waals surface area contributed by atoms with Gasteiger partial charge in [0.1, 0.15) is 6.07 Å². The smallest absolute Gasteiger partial charge is 0.369 e. The second-order valence-corrected chi connectivity index (χ2v) is 7.42. The van der Waals surface area contributed by atoms with Crippen molar-refractivity contribution in [2.75, 3.05) is 42.9 Å². The molecular formula is C21H20ClF3N4O. The zero-order valence-corrected chi connectivity index (χ0v) is 16.8. The number of amides is 1. The van der Waals surface area contributed by atoms with E-state index in [0.717, 1.165) is 30.8 Å². The molecule has 1 N–H and O–H groups in total. The third kappa shape index (κ3) is 5.43. The van der Waals surface area contributed by atoms with E-state index in [1.807, 2.05) is 23.1 Å². The van der Waals surface area contributed by atoms with Crippen LogP contribution in [0, 0.1) is 11.3 Å². The summed E-state index contributed by atoms with van der Waals surface area (Å²) < 4.78 is 39.6. The number of carbonyl (C=O) groups excluding carboxylic acids is 1. The van der Waals surface area contributed by atoms with Gasteiger partial charge in [-0.15, -0.1) is 0 Å². The minimum absolute atomic E-state index is 0.0202. The second-order valence-electron chi connectivity index (χ2n) is 6.98. The maximum absolute atomic E-state index is 13.2. The number of benzene rings is 2. The average Bonchev–Trinajstić information content (AvgIpc) is 2.94. The van der Waals surface area contributed by atoms with Gasteiger partial charge in [-0.1, -0.05) is 23.7 Å². The van der Waals surface area contributed by atoms with Crippen molar-refractivity contribution in [3.05, 3.63) is 58.6 Å². The van der Waals surface area contributed by atoms with Crippen molar-refractivity contribution >= 4 is 28.9 Å². The van der Waals surface area contributed by atoms with Crippen LogP contribution in [0.1, 0.15) is 17.5 Å². The van der Waals surface area contributed by atoms with Gasteiger partial charge >= 0.3 is 6.18 Å². The Bertz CT molecular complexity index is 958. The van der Waals surface area contributed by atoms with Crippen LogP contribution in [-0.2, 0) is 11.0 Å². The molecule has 1 heterocycles. The van der Waals surface area contributed by atoms with Gasteiger partial charge in [0.2, 0.25) is 5.91 Å². The van der Waals surface area contributed by atoms with Gasteiger partial charge in [0, 0.05) is 31.2 Å². The molecule has 30 heavy (non-hydrogen) atoms. The number of anilines is 2. The van der Waals surface area contributed by atoms with Crippen LogP contribution in [0.2, 0.25) is 5.02 Å². The second kappa shape index (κ2) is 9.37. The third-order valence-corrected chi connectivity index (χ3v) is 5.12. The summed E-state index contributed by atoms with van der Waals surface area (Å²) in [6, 6.07) is 12.8. The molecule has 0 radical (unpaired) electrons. The number of halogens is 4. The Morgan fingerprint density at radius 1 is 1.13 bits per heavy atom. The number of rotatable bonds is 4. The predicted molar refractivity (Wildman–Crippen MR) is 110 cm³/mol. The summed E-state index contributed by atoms with van der Waals surface area (Å²) in [5.41, 5.74) is 0.156. The third-order valence-electron chi connectivity index (χ3n) is 4.88. The van der Waals surface area contributed by atoms with Crippen LogP contribution in [0.15, 0.2) is 42.5 Å². The highest BCUT2D eigenvalue weighted by Crippen LogP contribution is 2.36. The summed E-state index contributed by atoms with van der Waals surface area (Å²) in [6.07, 6.45) is -3.85. The van der Waals surface area contributed by atoms with Crippen molar-refractivity contribution in [1.29, 1.82) is 5.26 Å². The van der Waals surface area contributed by atoms with Crippen molar-refractivity contribution < 1.29 is 18.0 Å². The van der Waals surface area contributed by atoms with E-state index in [0.29, 0.717) is 25.2 Å². The topological polar surface area (TPSA) is 59.4 Å². The highest BCUT2D eigenvalue weighted by Gasteiger charge is 2.34. The minimum Gasteiger partial charge on any atom is -0.369 e. The van der Waals surface area contributed by atoms with Gasteiger partial charge < -0.3 is 10.2 Å². The standard InChI is InChI=1S/C21H20ClF3N4O/c22-16-6-7-18(17(12-16)21(23,24)25)27-20(30)14-28-8-3-9-29(11-10-28)19-5-2-1-4-15(19)13-26/h1-2,4-7,12H,3,8-11,14H2,(H,27,30). The lowest BCUT2D eigenvalue weighted by Gasteiger charge is -2.24. The first kappa shape index (κ1) is 21.9. The van der Waals surface area contributed by atoms with E-state index >= 15 is 0 Å². The van der Waals surface area contributed by atoms with Gasteiger partial charge in [0.15, 0.2) is 0 Å². The van der Waals surface area contributed by atoms with Crippen molar-refractivity contribution in [1.82, 2.24) is 4.90 Å². The molecule has 2 aromatic carbocycles. The largest absolute Gasteiger partial charge is 0.418 e. The number of nitrogens with zero attached hydrogens (tertiary/aromatic N) is 3. The number of hydrogen-bond donors (Lipinski definition) is 1. The molecule has 2 aromatic rings. The fourth-order valence-corrected chi connectivity index (χ4v) is 3.64. The molecule has 1 fully saturated rings. The van der Waals surface area contributed by atoms with Crippen LogP contribution in [0.3, 0.4) is 0 Å². The Hall–Kier alpha value is -2.76. The summed E-state index contributed by atoms with van der Waals surface area (Å²) >= 11 is 5.67. The molecule has 0 aliphatic carbocycles. The van der Waals surface area contributed by atoms with E-state index in [9.17, 15) is 23.2 Å². The van der Waals surface area contributed by atoms with Crippen molar-refractivity contribution in [2.45, 2.75) is 12.6 Å². The molecule has 0 bridgehead atoms. The summed E-state index contributed by atoms with van der Waals surface area (Å²) in [7, 11) is 0. The Morgan fingerprint density at radius 2 is 1.90 bits per heavy atom. The number of para-hydroxylation sites is 1. The lowest BCUT2D eigenvalue weighted by atomic mass is 10.1. The van der Waals surface area contributed by atoms with Crippen molar-refractivity contribution in [3.63, 3.8) is 0 Å². The van der Waals surface area contributed by atoms with Crippen molar-refractivity contribution in [2.24, 2.45) is 0 Å². The molecule has 3 rings (SSSR count). The fourth-order valence-electron chi connectivity index (χ4n) is 3.47. The summed E-state index contributed by atoms with van der Waals surface area (Å²) in [6.45, 7) is 2.51. The lowest BCUT2D eigenvalue weighted by molar-refractivity contribution is -0.137. The molecule has 1 amide bonds. The highest BCUT2D eigenvalue weighted by atomic mass is 35.5. The first-order valence-electron chi connectivity index (χ1n) is 9.41. The van der Waals surface area contributed by atoms with Gasteiger partial charge in [-0.2, -0.15) is 18.4 Å². The van der Waals surface area contributed by atoms with Crippen LogP contribution in [0.5, 0.6) is 0 Å². The molecule has 1 aliphatic heterocycles. The van der Waals surface area contributed by atoms with Crippen LogP contribution in [-0.4, -0.2) is 43.5 Å². The van der Waals surface area contributed by atoms with Gasteiger partial charge in [-0.05, 0) is 36.8 Å². The molecule has 5 nitrogen and oxygen atoms in total. The van der Waals surface area contributed by atoms with Gasteiger partial charge in [-0.25, -0.2) is 0 Å². The van der Waals surface area contributed by atoms with Gasteiger partial charge in [0.25, 0.3) is 0 Å². The molecule has 158 valence electrons. The van der Waals surface area contributed by atoms with Gasteiger partial charge in [-0.3, -0.25) is 9.69 Å². The predicted octanol–water partition coefficient (Wildman–Crippen LogP) is 4.38. The fraction of sp³-hybridized carbons (Fsp3) is 0.333. The first-order valence-corrected chi connectivity index (χ1v) is 9.79. The van der Waals surface area contributed by atoms with Crippen LogP contribution in [0.25, 0.3) is 0 Å². The van der Waals surface area contributed by atoms with E-state index < -0.39 is 17.6 Å². The lowest BCUT2D eigenvalue weighted by Crippen LogP contribution is -2.36. The molecule has 1 aliphatic rings. The first-order chi connectivity index (χ1) is 14.3. The normalized spacial score (nSPS) is 15.4. The number of carbonyl (C=O) groups is 1. The number of hydrogen-bond acceptors (Lipinski definition) is 4. The van der Waals surface area contributed by atoms with Crippen LogP contribution >= 0.6 is 11.6 Å². The van der Waals surface area contributed by atoms with E-state index in [1.54, 1.807) is 6.07 Å². The summed E-state index contributed by atoms with van der Waals surface area (Å²) in [4.78, 5) is 16.4.